The summed E-state index contributed by atoms with van der Waals surface area (Å²) in [5.74, 6) is 1.02. The van der Waals surface area contributed by atoms with Crippen LogP contribution in [-0.2, 0) is 0 Å². The molecule has 11 heavy (non-hydrogen) atoms. The van der Waals surface area contributed by atoms with Gasteiger partial charge in [0.15, 0.2) is 0 Å². The molecular formula is C7H12N3S. The quantitative estimate of drug-likeness (QED) is 0.550. The molecule has 1 unspecified atom stereocenters. The van der Waals surface area contributed by atoms with Crippen molar-refractivity contribution >= 4 is 18.2 Å². The second-order valence-electron chi connectivity index (χ2n) is 2.78. The van der Waals surface area contributed by atoms with Gasteiger partial charge >= 0.3 is 0 Å². The number of piperidine rings is 1. The van der Waals surface area contributed by atoms with E-state index in [0.29, 0.717) is 6.17 Å². The molecule has 0 bridgehead atoms. The normalized spacial score (nSPS) is 31.3. The van der Waals surface area contributed by atoms with Gasteiger partial charge in [-0.1, -0.05) is 0 Å². The largest absolute Gasteiger partial charge is 0.220 e. The molecule has 0 spiro atoms. The summed E-state index contributed by atoms with van der Waals surface area (Å²) >= 11 is 1.77. The maximum atomic E-state index is 4.50. The van der Waals surface area contributed by atoms with Gasteiger partial charge in [0.1, 0.15) is 6.17 Å². The highest BCUT2D eigenvalue weighted by atomic mass is 32.2. The van der Waals surface area contributed by atoms with Crippen molar-refractivity contribution in [3.63, 3.8) is 0 Å². The lowest BCUT2D eigenvalue weighted by atomic mass is 10.1. The Hall–Kier alpha value is -0.220. The van der Waals surface area contributed by atoms with Crippen LogP contribution in [0.3, 0.4) is 0 Å². The van der Waals surface area contributed by atoms with Crippen LogP contribution in [-0.4, -0.2) is 29.1 Å². The van der Waals surface area contributed by atoms with Crippen LogP contribution >= 0.6 is 11.9 Å². The maximum absolute atomic E-state index is 4.50. The van der Waals surface area contributed by atoms with Crippen LogP contribution in [0, 0.1) is 0 Å². The third-order valence-corrected chi connectivity index (χ3v) is 2.84. The van der Waals surface area contributed by atoms with Gasteiger partial charge in [0.25, 0.3) is 0 Å². The summed E-state index contributed by atoms with van der Waals surface area (Å²) in [6.45, 7) is 1.03. The second kappa shape index (κ2) is 3.45. The molecule has 2 rings (SSSR count). The third-order valence-electron chi connectivity index (χ3n) is 1.94. The molecule has 4 heteroatoms. The molecule has 0 aromatic rings. The Balaban J connectivity index is 1.87. The summed E-state index contributed by atoms with van der Waals surface area (Å²) in [7, 11) is 0. The molecule has 0 saturated carbocycles. The van der Waals surface area contributed by atoms with E-state index in [-0.39, 0.29) is 0 Å². The van der Waals surface area contributed by atoms with Crippen molar-refractivity contribution in [3.8, 4) is 0 Å². The minimum absolute atomic E-state index is 0.368. The average molecular weight is 170 g/mol. The van der Waals surface area contributed by atoms with E-state index >= 15 is 0 Å². The van der Waals surface area contributed by atoms with Gasteiger partial charge in [-0.2, -0.15) is 5.10 Å². The van der Waals surface area contributed by atoms with E-state index in [1.54, 1.807) is 11.9 Å². The summed E-state index contributed by atoms with van der Waals surface area (Å²) < 4.78 is 2.04. The zero-order chi connectivity index (χ0) is 7.52. The van der Waals surface area contributed by atoms with Crippen molar-refractivity contribution in [1.82, 2.24) is 9.73 Å². The zero-order valence-corrected chi connectivity index (χ0v) is 7.26. The van der Waals surface area contributed by atoms with Crippen molar-refractivity contribution in [2.24, 2.45) is 5.10 Å². The number of hydrazone groups is 1. The van der Waals surface area contributed by atoms with E-state index < -0.39 is 0 Å². The molecule has 1 radical (unpaired) electrons. The summed E-state index contributed by atoms with van der Waals surface area (Å²) in [6, 6.07) is 0. The van der Waals surface area contributed by atoms with Gasteiger partial charge in [-0.05, 0) is 31.2 Å². The van der Waals surface area contributed by atoms with Crippen LogP contribution in [0.5, 0.6) is 0 Å². The average Bonchev–Trinajstić information content (AvgIpc) is 2.58. The van der Waals surface area contributed by atoms with Gasteiger partial charge in [-0.3, -0.25) is 0 Å². The Morgan fingerprint density at radius 2 is 2.45 bits per heavy atom. The van der Waals surface area contributed by atoms with E-state index in [1.165, 1.54) is 19.3 Å². The number of hydrogen-bond acceptors (Lipinski definition) is 3. The highest BCUT2D eigenvalue weighted by Gasteiger charge is 2.22. The first-order chi connectivity index (χ1) is 5.47. The molecule has 0 aliphatic carbocycles. The summed E-state index contributed by atoms with van der Waals surface area (Å²) in [4.78, 5) is 0. The Morgan fingerprint density at radius 1 is 1.45 bits per heavy atom. The van der Waals surface area contributed by atoms with Crippen LogP contribution in [0.15, 0.2) is 5.10 Å². The molecule has 3 nitrogen and oxygen atoms in total. The van der Waals surface area contributed by atoms with Crippen molar-refractivity contribution in [1.29, 1.82) is 0 Å². The van der Waals surface area contributed by atoms with E-state index in [2.05, 4.69) is 10.4 Å². The second-order valence-corrected chi connectivity index (χ2v) is 3.74. The summed E-state index contributed by atoms with van der Waals surface area (Å²) in [6.07, 6.45) is 6.07. The van der Waals surface area contributed by atoms with E-state index in [4.69, 9.17) is 0 Å². The Morgan fingerprint density at radius 3 is 3.09 bits per heavy atom. The van der Waals surface area contributed by atoms with Crippen LogP contribution in [0.4, 0.5) is 0 Å². The topological polar surface area (TPSA) is 29.7 Å². The van der Waals surface area contributed by atoms with Crippen LogP contribution in [0.1, 0.15) is 19.3 Å². The molecule has 2 aliphatic rings. The van der Waals surface area contributed by atoms with Crippen molar-refractivity contribution in [3.05, 3.63) is 0 Å². The Labute approximate surface area is 71.4 Å². The number of rotatable bonds is 1. The van der Waals surface area contributed by atoms with Crippen LogP contribution in [0.25, 0.3) is 0 Å². The lowest BCUT2D eigenvalue weighted by Gasteiger charge is -2.27. The molecular weight excluding hydrogens is 158 g/mol. The molecule has 2 aliphatic heterocycles. The van der Waals surface area contributed by atoms with Gasteiger partial charge < -0.3 is 0 Å². The van der Waals surface area contributed by atoms with Gasteiger partial charge in [0.05, 0.1) is 5.75 Å². The lowest BCUT2D eigenvalue weighted by molar-refractivity contribution is 0.251. The molecule has 0 amide bonds. The zero-order valence-electron chi connectivity index (χ0n) is 6.44. The first kappa shape index (κ1) is 7.43. The van der Waals surface area contributed by atoms with Crippen LogP contribution < -0.4 is 5.32 Å². The predicted molar refractivity (Wildman–Crippen MR) is 47.4 cm³/mol. The van der Waals surface area contributed by atoms with Gasteiger partial charge in [-0.15, -0.1) is 0 Å². The molecule has 1 saturated heterocycles. The fourth-order valence-corrected chi connectivity index (χ4v) is 2.13. The standard InChI is InChI=1S/C7H12N3S/c1-2-4-8-7(3-1)10-9-5-6-11-10/h5,7H,1-4,6H2. The van der Waals surface area contributed by atoms with E-state index in [0.717, 1.165) is 12.3 Å². The van der Waals surface area contributed by atoms with E-state index in [9.17, 15) is 0 Å². The number of nitrogens with zero attached hydrogens (tertiary/aromatic N) is 3. The third kappa shape index (κ3) is 1.68. The predicted octanol–water partition coefficient (Wildman–Crippen LogP) is 1.05. The van der Waals surface area contributed by atoms with E-state index in [1.807, 2.05) is 10.6 Å². The molecule has 0 aromatic carbocycles. The molecule has 0 N–H and O–H groups in total. The van der Waals surface area contributed by atoms with Gasteiger partial charge in [0.2, 0.25) is 0 Å². The van der Waals surface area contributed by atoms with Gasteiger partial charge in [-0.25, -0.2) is 9.73 Å². The Bertz CT molecular complexity index is 154. The van der Waals surface area contributed by atoms with Crippen LogP contribution in [0.2, 0.25) is 0 Å². The monoisotopic (exact) mass is 170 g/mol. The highest BCUT2D eigenvalue weighted by Crippen LogP contribution is 2.23. The lowest BCUT2D eigenvalue weighted by Crippen LogP contribution is -2.36. The fraction of sp³-hybridized carbons (Fsp3) is 0.857. The van der Waals surface area contributed by atoms with Crippen molar-refractivity contribution in [2.75, 3.05) is 12.3 Å². The molecule has 1 atom stereocenters. The minimum Gasteiger partial charge on any atom is -0.220 e. The molecule has 2 heterocycles. The number of hydrogen-bond donors (Lipinski definition) is 0. The first-order valence-electron chi connectivity index (χ1n) is 4.08. The molecule has 1 fully saturated rings. The summed E-state index contributed by atoms with van der Waals surface area (Å²) in [5, 5.41) is 8.74. The fourth-order valence-electron chi connectivity index (χ4n) is 1.37. The first-order valence-corrected chi connectivity index (χ1v) is 5.02. The maximum Gasteiger partial charge on any atom is 0.124 e. The van der Waals surface area contributed by atoms with Crippen molar-refractivity contribution < 1.29 is 0 Å². The Kier molecular flexibility index (Phi) is 2.33. The molecule has 61 valence electrons. The molecule has 0 aromatic heterocycles. The smallest absolute Gasteiger partial charge is 0.124 e. The highest BCUT2D eigenvalue weighted by molar-refractivity contribution is 7.97. The summed E-state index contributed by atoms with van der Waals surface area (Å²) in [5.41, 5.74) is 0. The SMILES string of the molecule is C1=NN(C2CCCC[N]2)SC1. The van der Waals surface area contributed by atoms with Crippen molar-refractivity contribution in [2.45, 2.75) is 25.4 Å². The van der Waals surface area contributed by atoms with Gasteiger partial charge in [0, 0.05) is 12.8 Å². The minimum atomic E-state index is 0.368.